The summed E-state index contributed by atoms with van der Waals surface area (Å²) in [5, 5.41) is 14.9. The lowest BCUT2D eigenvalue weighted by Crippen LogP contribution is -2.62. The van der Waals surface area contributed by atoms with Gasteiger partial charge in [-0.3, -0.25) is 14.4 Å². The standard InChI is InChI=1S/C47H78N2O9/c1-27-46-24-23-43(12)36(45(14)21-19-33(56-45)42(10,11)53)29(48)26-44(43,13)31(46)25-30(49-54)37-41(8,9)32(20-22-47(27,37)46)55-38(52)28(15-17-34(50)57-39(2,3)4)16-18-35(51)58-40(5,6)7/h27-33,36-37,53H,15-26,48H2,1-14H3/t27-,29-,30-,31-,32-,33-,36-,37?,43+,44-,45+,46-,47+/m0/s1. The normalized spacial score (nSPS) is 43.1. The average Bonchev–Trinajstić information content (AvgIpc) is 3.26. The largest absolute Gasteiger partial charge is 0.462 e. The van der Waals surface area contributed by atoms with Gasteiger partial charge < -0.3 is 29.8 Å². The van der Waals surface area contributed by atoms with E-state index in [4.69, 9.17) is 24.7 Å². The van der Waals surface area contributed by atoms with Gasteiger partial charge in [0.15, 0.2) is 0 Å². The van der Waals surface area contributed by atoms with Crippen LogP contribution in [0.25, 0.3) is 0 Å². The lowest BCUT2D eigenvalue weighted by Gasteiger charge is -2.64. The zero-order valence-electron chi connectivity index (χ0n) is 38.4. The van der Waals surface area contributed by atoms with Crippen molar-refractivity contribution in [3.8, 4) is 0 Å². The Labute approximate surface area is 348 Å². The number of nitroso groups, excluding NO2 is 1. The van der Waals surface area contributed by atoms with Gasteiger partial charge in [-0.2, -0.15) is 4.91 Å². The van der Waals surface area contributed by atoms with Crippen molar-refractivity contribution >= 4 is 17.9 Å². The molecule has 0 bridgehead atoms. The number of carbonyl (C=O) groups is 3. The van der Waals surface area contributed by atoms with Gasteiger partial charge in [0, 0.05) is 30.2 Å². The smallest absolute Gasteiger partial charge is 0.309 e. The number of nitrogens with two attached hydrogens (primary N) is 1. The Morgan fingerprint density at radius 2 is 1.38 bits per heavy atom. The molecular weight excluding hydrogens is 737 g/mol. The molecule has 0 aromatic heterocycles. The van der Waals surface area contributed by atoms with Crippen LogP contribution in [0.1, 0.15) is 174 Å². The van der Waals surface area contributed by atoms with Crippen LogP contribution in [0.4, 0.5) is 0 Å². The highest BCUT2D eigenvalue weighted by Crippen LogP contribution is 2.91. The molecule has 13 atom stereocenters. The highest BCUT2D eigenvalue weighted by Gasteiger charge is 2.88. The molecular formula is C47H78N2O9. The molecule has 1 saturated heterocycles. The number of hydrogen-bond donors (Lipinski definition) is 2. The average molecular weight is 815 g/mol. The number of rotatable bonds is 11. The van der Waals surface area contributed by atoms with Crippen molar-refractivity contribution in [3.63, 3.8) is 0 Å². The Hall–Kier alpha value is -2.11. The Kier molecular flexibility index (Phi) is 11.3. The van der Waals surface area contributed by atoms with Crippen LogP contribution in [0, 0.1) is 61.6 Å². The molecule has 1 aliphatic heterocycles. The molecule has 6 rings (SSSR count). The Balaban J connectivity index is 1.24. The lowest BCUT2D eigenvalue weighted by molar-refractivity contribution is -0.200. The van der Waals surface area contributed by atoms with E-state index in [0.29, 0.717) is 18.8 Å². The fourth-order valence-corrected chi connectivity index (χ4v) is 15.3. The quantitative estimate of drug-likeness (QED) is 0.117. The van der Waals surface area contributed by atoms with Gasteiger partial charge in [0.1, 0.15) is 17.3 Å². The van der Waals surface area contributed by atoms with Crippen molar-refractivity contribution in [1.29, 1.82) is 0 Å². The van der Waals surface area contributed by atoms with E-state index in [9.17, 15) is 24.4 Å². The third kappa shape index (κ3) is 7.18. The molecule has 2 spiro atoms. The molecule has 11 nitrogen and oxygen atoms in total. The van der Waals surface area contributed by atoms with Crippen LogP contribution in [0.2, 0.25) is 0 Å². The SMILES string of the molecule is C[C@H]1[C@@]23CC[C@]4(C)[C@@H]([C@@]5(C)CC[C@@H](C(C)(C)O)O5)[C@@H](N)C[C@@]4(C)[C@@H]2C[C@H](N=O)C2C(C)(C)[C@@H](OC(=O)C(CCC(=O)OC(C)(C)C)CCC(=O)OC(C)(C)C)CC[C@]213. The minimum absolute atomic E-state index is 0.0250. The summed E-state index contributed by atoms with van der Waals surface area (Å²) in [4.78, 5) is 53.0. The van der Waals surface area contributed by atoms with Crippen LogP contribution in [0.15, 0.2) is 5.18 Å². The van der Waals surface area contributed by atoms with Crippen LogP contribution in [-0.4, -0.2) is 69.7 Å². The summed E-state index contributed by atoms with van der Waals surface area (Å²) >= 11 is 0. The van der Waals surface area contributed by atoms with Gasteiger partial charge in [0.2, 0.25) is 0 Å². The summed E-state index contributed by atoms with van der Waals surface area (Å²) < 4.78 is 24.4. The maximum atomic E-state index is 14.2. The molecule has 5 saturated carbocycles. The number of esters is 3. The molecule has 0 aromatic rings. The summed E-state index contributed by atoms with van der Waals surface area (Å²) in [6, 6.07) is -0.506. The predicted octanol–water partition coefficient (Wildman–Crippen LogP) is 8.83. The summed E-state index contributed by atoms with van der Waals surface area (Å²) in [7, 11) is 0. The van der Waals surface area contributed by atoms with Crippen molar-refractivity contribution in [2.24, 2.45) is 67.6 Å². The van der Waals surface area contributed by atoms with E-state index < -0.39 is 63.8 Å². The Morgan fingerprint density at radius 1 is 0.810 bits per heavy atom. The second-order valence-corrected chi connectivity index (χ2v) is 23.8. The first-order valence-corrected chi connectivity index (χ1v) is 22.6. The predicted molar refractivity (Wildman–Crippen MR) is 222 cm³/mol. The molecule has 5 aliphatic carbocycles. The fraction of sp³-hybridized carbons (Fsp3) is 0.936. The van der Waals surface area contributed by atoms with Gasteiger partial charge >= 0.3 is 17.9 Å². The summed E-state index contributed by atoms with van der Waals surface area (Å²) in [5.74, 6) is -1.24. The maximum Gasteiger partial charge on any atom is 0.309 e. The molecule has 0 amide bonds. The van der Waals surface area contributed by atoms with Gasteiger partial charge in [-0.15, -0.1) is 0 Å². The second-order valence-electron chi connectivity index (χ2n) is 23.8. The van der Waals surface area contributed by atoms with Gasteiger partial charge in [-0.05, 0) is 166 Å². The van der Waals surface area contributed by atoms with E-state index >= 15 is 0 Å². The van der Waals surface area contributed by atoms with Gasteiger partial charge in [-0.25, -0.2) is 0 Å². The highest BCUT2D eigenvalue weighted by atomic mass is 16.6. The van der Waals surface area contributed by atoms with Crippen molar-refractivity contribution < 1.29 is 38.4 Å². The van der Waals surface area contributed by atoms with Gasteiger partial charge in [0.25, 0.3) is 0 Å². The molecule has 6 aliphatic rings. The van der Waals surface area contributed by atoms with Crippen LogP contribution in [0.3, 0.4) is 0 Å². The first-order chi connectivity index (χ1) is 26.4. The zero-order chi connectivity index (χ0) is 43.4. The Morgan fingerprint density at radius 3 is 1.88 bits per heavy atom. The number of hydrogen-bond acceptors (Lipinski definition) is 11. The third-order valence-corrected chi connectivity index (χ3v) is 17.4. The first-order valence-electron chi connectivity index (χ1n) is 22.6. The number of fused-ring (bicyclic) bond motifs is 2. The number of nitrogens with zero attached hydrogens (tertiary/aromatic N) is 1. The van der Waals surface area contributed by atoms with E-state index in [0.717, 1.165) is 38.5 Å². The van der Waals surface area contributed by atoms with E-state index in [1.54, 1.807) is 0 Å². The molecule has 330 valence electrons. The first kappa shape index (κ1) is 45.4. The zero-order valence-corrected chi connectivity index (χ0v) is 38.4. The molecule has 0 aromatic carbocycles. The van der Waals surface area contributed by atoms with Crippen LogP contribution >= 0.6 is 0 Å². The van der Waals surface area contributed by atoms with Gasteiger partial charge in [0.05, 0.1) is 29.3 Å². The van der Waals surface area contributed by atoms with Crippen LogP contribution < -0.4 is 5.73 Å². The lowest BCUT2D eigenvalue weighted by atomic mass is 9.41. The molecule has 3 N–H and O–H groups in total. The van der Waals surface area contributed by atoms with Crippen molar-refractivity contribution in [1.82, 2.24) is 0 Å². The third-order valence-electron chi connectivity index (χ3n) is 17.4. The second kappa shape index (κ2) is 14.5. The number of aliphatic hydroxyl groups is 1. The molecule has 6 fully saturated rings. The van der Waals surface area contributed by atoms with E-state index in [1.807, 2.05) is 55.4 Å². The van der Waals surface area contributed by atoms with E-state index in [1.165, 1.54) is 0 Å². The number of carbonyl (C=O) groups excluding carboxylic acids is 3. The number of ether oxygens (including phenoxy) is 4. The van der Waals surface area contributed by atoms with E-state index in [-0.39, 0.29) is 77.2 Å². The van der Waals surface area contributed by atoms with Gasteiger partial charge in [-0.1, -0.05) is 39.8 Å². The molecule has 1 unspecified atom stereocenters. The van der Waals surface area contributed by atoms with Crippen molar-refractivity contribution in [2.45, 2.75) is 221 Å². The minimum Gasteiger partial charge on any atom is -0.462 e. The molecule has 0 radical (unpaired) electrons. The maximum absolute atomic E-state index is 14.2. The summed E-state index contributed by atoms with van der Waals surface area (Å²) in [5.41, 5.74) is 3.69. The summed E-state index contributed by atoms with van der Waals surface area (Å²) in [6.07, 6.45) is 6.56. The topological polar surface area (TPSA) is 164 Å². The Bertz CT molecular complexity index is 1590. The monoisotopic (exact) mass is 815 g/mol. The summed E-state index contributed by atoms with van der Waals surface area (Å²) in [6.45, 7) is 28.4. The van der Waals surface area contributed by atoms with Crippen molar-refractivity contribution in [2.75, 3.05) is 0 Å². The fourth-order valence-electron chi connectivity index (χ4n) is 15.3. The van der Waals surface area contributed by atoms with Crippen LogP contribution in [0.5, 0.6) is 0 Å². The molecule has 58 heavy (non-hydrogen) atoms. The molecule has 1 heterocycles. The minimum atomic E-state index is -0.931. The molecule has 11 heteroatoms. The van der Waals surface area contributed by atoms with E-state index in [2.05, 4.69) is 46.7 Å². The van der Waals surface area contributed by atoms with Crippen LogP contribution in [-0.2, 0) is 33.3 Å². The van der Waals surface area contributed by atoms with Crippen molar-refractivity contribution in [3.05, 3.63) is 4.91 Å². The highest BCUT2D eigenvalue weighted by molar-refractivity contribution is 5.76.